The molecule has 0 aromatic carbocycles. The summed E-state index contributed by atoms with van der Waals surface area (Å²) in [7, 11) is 0. The molecule has 1 heterocycles. The van der Waals surface area contributed by atoms with E-state index in [0.717, 1.165) is 6.42 Å². The van der Waals surface area contributed by atoms with Crippen LogP contribution in [0.3, 0.4) is 0 Å². The Morgan fingerprint density at radius 3 is 2.59 bits per heavy atom. The maximum atomic E-state index is 5.65. The van der Waals surface area contributed by atoms with Gasteiger partial charge in [-0.15, -0.1) is 5.10 Å². The average Bonchev–Trinajstić information content (AvgIpc) is 2.73. The van der Waals surface area contributed by atoms with Crippen LogP contribution in [-0.4, -0.2) is 16.2 Å². The maximum Gasteiger partial charge on any atom is 0.315 e. The molecule has 0 saturated carbocycles. The van der Waals surface area contributed by atoms with Gasteiger partial charge in [0, 0.05) is 6.04 Å². The van der Waals surface area contributed by atoms with Crippen molar-refractivity contribution in [3.8, 4) is 0 Å². The number of hydrogen-bond acceptors (Lipinski definition) is 5. The van der Waals surface area contributed by atoms with Crippen molar-refractivity contribution in [2.24, 2.45) is 5.73 Å². The number of nitrogens with one attached hydrogen (secondary N) is 1. The summed E-state index contributed by atoms with van der Waals surface area (Å²) in [5, 5.41) is 11.0. The molecule has 2 atom stereocenters. The predicted molar refractivity (Wildman–Crippen MR) is 68.7 cm³/mol. The Morgan fingerprint density at radius 1 is 1.24 bits per heavy atom. The van der Waals surface area contributed by atoms with Gasteiger partial charge in [-0.2, -0.15) is 0 Å². The molecular formula is C12H24N4O. The van der Waals surface area contributed by atoms with Gasteiger partial charge in [-0.05, 0) is 20.3 Å². The van der Waals surface area contributed by atoms with Crippen LogP contribution in [0.2, 0.25) is 0 Å². The van der Waals surface area contributed by atoms with Crippen molar-refractivity contribution in [1.29, 1.82) is 0 Å². The summed E-state index contributed by atoms with van der Waals surface area (Å²) in [6.45, 7) is 6.17. The van der Waals surface area contributed by atoms with Crippen LogP contribution in [0.25, 0.3) is 0 Å². The Balaban J connectivity index is 2.27. The summed E-state index contributed by atoms with van der Waals surface area (Å²) in [4.78, 5) is 0. The molecule has 0 saturated heterocycles. The van der Waals surface area contributed by atoms with Crippen molar-refractivity contribution >= 4 is 6.01 Å². The monoisotopic (exact) mass is 240 g/mol. The van der Waals surface area contributed by atoms with Gasteiger partial charge in [-0.3, -0.25) is 0 Å². The van der Waals surface area contributed by atoms with Gasteiger partial charge in [0.15, 0.2) is 0 Å². The lowest BCUT2D eigenvalue weighted by Gasteiger charge is -2.11. The first-order valence-electron chi connectivity index (χ1n) is 6.49. The molecule has 1 aromatic heterocycles. The lowest BCUT2D eigenvalue weighted by molar-refractivity contribution is 0.466. The molecule has 0 radical (unpaired) electrons. The van der Waals surface area contributed by atoms with Gasteiger partial charge in [0.1, 0.15) is 0 Å². The van der Waals surface area contributed by atoms with Crippen LogP contribution in [0.4, 0.5) is 6.01 Å². The van der Waals surface area contributed by atoms with Crippen LogP contribution in [0.1, 0.15) is 64.8 Å². The lowest BCUT2D eigenvalue weighted by Crippen LogP contribution is -2.15. The zero-order chi connectivity index (χ0) is 12.7. The molecule has 1 rings (SSSR count). The van der Waals surface area contributed by atoms with Crippen molar-refractivity contribution in [3.63, 3.8) is 0 Å². The SMILES string of the molecule is CCCCCCC(C)Nc1nnc(C(C)N)o1. The fraction of sp³-hybridized carbons (Fsp3) is 0.833. The van der Waals surface area contributed by atoms with E-state index in [9.17, 15) is 0 Å². The second-order valence-electron chi connectivity index (χ2n) is 4.63. The first kappa shape index (κ1) is 14.0. The Labute approximate surface area is 103 Å². The van der Waals surface area contributed by atoms with Gasteiger partial charge in [0.2, 0.25) is 5.89 Å². The molecule has 0 aliphatic heterocycles. The Kier molecular flexibility index (Phi) is 5.97. The number of hydrogen-bond donors (Lipinski definition) is 2. The summed E-state index contributed by atoms with van der Waals surface area (Å²) in [6, 6.07) is 0.617. The summed E-state index contributed by atoms with van der Waals surface area (Å²) in [6.07, 6.45) is 6.22. The van der Waals surface area contributed by atoms with Crippen LogP contribution < -0.4 is 11.1 Å². The fourth-order valence-electron chi connectivity index (χ4n) is 1.64. The van der Waals surface area contributed by atoms with Crippen molar-refractivity contribution in [2.45, 2.75) is 65.0 Å². The van der Waals surface area contributed by atoms with E-state index >= 15 is 0 Å². The van der Waals surface area contributed by atoms with E-state index in [2.05, 4.69) is 29.4 Å². The van der Waals surface area contributed by atoms with Crippen molar-refractivity contribution in [1.82, 2.24) is 10.2 Å². The standard InChI is InChI=1S/C12H24N4O/c1-4-5-6-7-8-9(2)14-12-16-15-11(17-12)10(3)13/h9-10H,4-8,13H2,1-3H3,(H,14,16). The number of anilines is 1. The highest BCUT2D eigenvalue weighted by Crippen LogP contribution is 2.14. The van der Waals surface area contributed by atoms with E-state index < -0.39 is 0 Å². The molecule has 0 aliphatic carbocycles. The summed E-state index contributed by atoms with van der Waals surface area (Å²) in [5.41, 5.74) is 5.65. The molecule has 0 amide bonds. The normalized spacial score (nSPS) is 14.6. The minimum atomic E-state index is -0.210. The molecule has 0 bridgehead atoms. The minimum absolute atomic E-state index is 0.210. The van der Waals surface area contributed by atoms with Crippen LogP contribution in [0.15, 0.2) is 4.42 Å². The first-order valence-corrected chi connectivity index (χ1v) is 6.49. The van der Waals surface area contributed by atoms with E-state index in [-0.39, 0.29) is 6.04 Å². The number of rotatable bonds is 8. The van der Waals surface area contributed by atoms with Crippen molar-refractivity contribution in [3.05, 3.63) is 5.89 Å². The molecule has 1 aromatic rings. The number of nitrogens with zero attached hydrogens (tertiary/aromatic N) is 2. The quantitative estimate of drug-likeness (QED) is 0.683. The lowest BCUT2D eigenvalue weighted by atomic mass is 10.1. The molecule has 98 valence electrons. The highest BCUT2D eigenvalue weighted by Gasteiger charge is 2.11. The number of unbranched alkanes of at least 4 members (excludes halogenated alkanes) is 3. The van der Waals surface area contributed by atoms with Gasteiger partial charge in [0.25, 0.3) is 0 Å². The van der Waals surface area contributed by atoms with Crippen molar-refractivity contribution in [2.75, 3.05) is 5.32 Å². The summed E-state index contributed by atoms with van der Waals surface area (Å²) >= 11 is 0. The van der Waals surface area contributed by atoms with E-state index in [1.807, 2.05) is 6.92 Å². The highest BCUT2D eigenvalue weighted by atomic mass is 16.4. The second kappa shape index (κ2) is 7.27. The van der Waals surface area contributed by atoms with Crippen LogP contribution in [0.5, 0.6) is 0 Å². The topological polar surface area (TPSA) is 77.0 Å². The zero-order valence-electron chi connectivity index (χ0n) is 11.1. The largest absolute Gasteiger partial charge is 0.406 e. The van der Waals surface area contributed by atoms with Gasteiger partial charge in [0.05, 0.1) is 6.04 Å². The van der Waals surface area contributed by atoms with E-state index in [1.165, 1.54) is 25.7 Å². The average molecular weight is 240 g/mol. The molecule has 0 spiro atoms. The van der Waals surface area contributed by atoms with Gasteiger partial charge >= 0.3 is 6.01 Å². The number of nitrogens with two attached hydrogens (primary N) is 1. The smallest absolute Gasteiger partial charge is 0.315 e. The fourth-order valence-corrected chi connectivity index (χ4v) is 1.64. The second-order valence-corrected chi connectivity index (χ2v) is 4.63. The summed E-state index contributed by atoms with van der Waals surface area (Å²) in [5.74, 6) is 0.477. The zero-order valence-corrected chi connectivity index (χ0v) is 11.1. The van der Waals surface area contributed by atoms with Crippen LogP contribution in [0, 0.1) is 0 Å². The first-order chi connectivity index (χ1) is 8.13. The minimum Gasteiger partial charge on any atom is -0.406 e. The summed E-state index contributed by atoms with van der Waals surface area (Å²) < 4.78 is 5.38. The third-order valence-electron chi connectivity index (χ3n) is 2.69. The molecule has 0 aliphatic rings. The predicted octanol–water partition coefficient (Wildman–Crippen LogP) is 2.86. The highest BCUT2D eigenvalue weighted by molar-refractivity contribution is 5.19. The van der Waals surface area contributed by atoms with Gasteiger partial charge in [-0.25, -0.2) is 0 Å². The Bertz CT molecular complexity index is 311. The van der Waals surface area contributed by atoms with Gasteiger partial charge in [-0.1, -0.05) is 37.7 Å². The molecule has 5 heteroatoms. The van der Waals surface area contributed by atoms with E-state index in [1.54, 1.807) is 0 Å². The van der Waals surface area contributed by atoms with Crippen LogP contribution >= 0.6 is 0 Å². The van der Waals surface area contributed by atoms with E-state index in [4.69, 9.17) is 10.2 Å². The molecule has 5 nitrogen and oxygen atoms in total. The molecule has 3 N–H and O–H groups in total. The van der Waals surface area contributed by atoms with E-state index in [0.29, 0.717) is 17.9 Å². The third-order valence-corrected chi connectivity index (χ3v) is 2.69. The molecule has 17 heavy (non-hydrogen) atoms. The van der Waals surface area contributed by atoms with Crippen molar-refractivity contribution < 1.29 is 4.42 Å². The molecule has 0 fully saturated rings. The molecule has 2 unspecified atom stereocenters. The Hall–Kier alpha value is -1.10. The molecular weight excluding hydrogens is 216 g/mol. The number of aromatic nitrogens is 2. The maximum absolute atomic E-state index is 5.65. The van der Waals surface area contributed by atoms with Gasteiger partial charge < -0.3 is 15.5 Å². The third kappa shape index (κ3) is 5.17. The van der Waals surface area contributed by atoms with Crippen LogP contribution in [-0.2, 0) is 0 Å². The Morgan fingerprint density at radius 2 is 2.00 bits per heavy atom.